The van der Waals surface area contributed by atoms with Crippen molar-refractivity contribution < 1.29 is 59.9 Å². The fraction of sp³-hybridized carbons (Fsp3) is 0.433. The highest BCUT2D eigenvalue weighted by molar-refractivity contribution is 7.89. The Morgan fingerprint density at radius 3 is 1.58 bits per heavy atom. The summed E-state index contributed by atoms with van der Waals surface area (Å²) in [6.07, 6.45) is 14.9. The van der Waals surface area contributed by atoms with Gasteiger partial charge in [0.15, 0.2) is 18.2 Å². The maximum atomic E-state index is 13.9. The van der Waals surface area contributed by atoms with Gasteiger partial charge in [0, 0.05) is 39.4 Å². The second-order valence-electron chi connectivity index (χ2n) is 23.4. The fourth-order valence-corrected chi connectivity index (χ4v) is 13.3. The molecule has 2 aliphatic rings. The number of amides is 7. The number of Topliss-reactive ketones (excluding diaryl/α,β-unsaturated/α-hetero) is 2. The van der Waals surface area contributed by atoms with E-state index in [4.69, 9.17) is 27.9 Å². The van der Waals surface area contributed by atoms with Crippen LogP contribution in [0.5, 0.6) is 0 Å². The van der Waals surface area contributed by atoms with Crippen LogP contribution in [0, 0.1) is 6.92 Å². The lowest BCUT2D eigenvalue weighted by Gasteiger charge is -2.24. The second-order valence-corrected chi connectivity index (χ2v) is 27.7. The molecule has 28 heteroatoms. The van der Waals surface area contributed by atoms with Gasteiger partial charge in [0.25, 0.3) is 23.6 Å². The van der Waals surface area contributed by atoms with Crippen molar-refractivity contribution in [3.05, 3.63) is 142 Å². The molecule has 0 radical (unpaired) electrons. The van der Waals surface area contributed by atoms with E-state index in [0.29, 0.717) is 34.0 Å². The van der Waals surface area contributed by atoms with E-state index in [1.165, 1.54) is 108 Å². The Hall–Kier alpha value is -8.14. The molecule has 2 aliphatic heterocycles. The van der Waals surface area contributed by atoms with Gasteiger partial charge in [0.1, 0.15) is 17.9 Å². The summed E-state index contributed by atoms with van der Waals surface area (Å²) in [6.45, 7) is 7.63. The molecule has 24 nitrogen and oxygen atoms in total. The van der Waals surface area contributed by atoms with Gasteiger partial charge in [-0.05, 0) is 86.3 Å². The van der Waals surface area contributed by atoms with Gasteiger partial charge < -0.3 is 20.3 Å². The van der Waals surface area contributed by atoms with E-state index in [1.807, 2.05) is 36.4 Å². The normalized spacial score (nSPS) is 14.8. The van der Waals surface area contributed by atoms with Crippen molar-refractivity contribution in [1.82, 2.24) is 43.7 Å². The van der Waals surface area contributed by atoms with Crippen molar-refractivity contribution in [3.63, 3.8) is 0 Å². The Kier molecular flexibility index (Phi) is 27.4. The number of carbonyl (C=O) groups excluding carboxylic acids is 8. The predicted octanol–water partition coefficient (Wildman–Crippen LogP) is 11.2. The molecule has 2 fully saturated rings. The first-order valence-electron chi connectivity index (χ1n) is 31.9. The molecule has 2 aromatic heterocycles. The van der Waals surface area contributed by atoms with Crippen molar-refractivity contribution in [3.8, 4) is 11.3 Å². The number of carbonyl (C=O) groups is 8. The van der Waals surface area contributed by atoms with Crippen molar-refractivity contribution >= 4 is 102 Å². The number of ketones is 2. The highest BCUT2D eigenvalue weighted by Gasteiger charge is 2.50. The third-order valence-electron chi connectivity index (χ3n) is 16.1. The van der Waals surface area contributed by atoms with E-state index in [0.717, 1.165) is 62.5 Å². The molecular formula is C67H83Cl2N11O13S2. The van der Waals surface area contributed by atoms with Crippen molar-refractivity contribution in [1.29, 1.82) is 0 Å². The van der Waals surface area contributed by atoms with Crippen molar-refractivity contribution in [2.75, 3.05) is 30.3 Å². The SMILES string of the molecule is CCCCCCCCCCCCNS(=O)(=O)c1ccc(Cl)c(NC(=O)C(C(=O)c2cc(C)n(C)n2)N2C(=O)CN(Cc3ccccc3)C2=O)c1.CCCCCCCCNS(=O)(=O)c1ccc(NC(=O)C(C(=O)c2cc(-c3ccccc3)n(C)n2)N2C(=O)OC(C)C2=O)c(Cl)c1. The summed E-state index contributed by atoms with van der Waals surface area (Å²) in [5.41, 5.74) is 2.26. The first-order chi connectivity index (χ1) is 45.4. The van der Waals surface area contributed by atoms with Crippen LogP contribution in [0.1, 0.15) is 156 Å². The van der Waals surface area contributed by atoms with Crippen LogP contribution >= 0.6 is 23.2 Å². The fourth-order valence-electron chi connectivity index (χ4n) is 10.7. The van der Waals surface area contributed by atoms with E-state index in [9.17, 15) is 55.2 Å². The van der Waals surface area contributed by atoms with Crippen LogP contribution in [-0.4, -0.2) is 136 Å². The molecule has 7 amide bonds. The zero-order valence-corrected chi connectivity index (χ0v) is 57.4. The Morgan fingerprint density at radius 1 is 0.579 bits per heavy atom. The molecule has 510 valence electrons. The monoisotopic (exact) mass is 1380 g/mol. The number of rotatable bonds is 35. The van der Waals surface area contributed by atoms with Crippen LogP contribution in [0.15, 0.2) is 119 Å². The van der Waals surface area contributed by atoms with Gasteiger partial charge in [-0.25, -0.2) is 45.7 Å². The lowest BCUT2D eigenvalue weighted by molar-refractivity contribution is -0.133. The predicted molar refractivity (Wildman–Crippen MR) is 360 cm³/mol. The average Bonchev–Trinajstić information content (AvgIpc) is 1.68. The number of aromatic nitrogens is 4. The number of sulfonamides is 2. The number of ether oxygens (including phenoxy) is 1. The Morgan fingerprint density at radius 2 is 1.06 bits per heavy atom. The van der Waals surface area contributed by atoms with Crippen molar-refractivity contribution in [2.45, 2.75) is 165 Å². The van der Waals surface area contributed by atoms with E-state index in [-0.39, 0.29) is 68.8 Å². The highest BCUT2D eigenvalue weighted by Crippen LogP contribution is 2.31. The molecular weight excluding hydrogens is 1300 g/mol. The lowest BCUT2D eigenvalue weighted by Crippen LogP contribution is -2.52. The number of cyclic esters (lactones) is 1. The van der Waals surface area contributed by atoms with Gasteiger partial charge in [0.2, 0.25) is 31.6 Å². The zero-order chi connectivity index (χ0) is 69.0. The summed E-state index contributed by atoms with van der Waals surface area (Å²) in [5.74, 6) is -5.55. The Labute approximate surface area is 564 Å². The van der Waals surface area contributed by atoms with Gasteiger partial charge >= 0.3 is 12.1 Å². The minimum absolute atomic E-state index is 0.00310. The number of aryl methyl sites for hydroxylation is 3. The lowest BCUT2D eigenvalue weighted by atomic mass is 10.0. The minimum Gasteiger partial charge on any atom is -0.436 e. The zero-order valence-electron chi connectivity index (χ0n) is 54.3. The minimum atomic E-state index is -3.96. The van der Waals surface area contributed by atoms with E-state index in [2.05, 4.69) is 44.1 Å². The second kappa shape index (κ2) is 35.0. The molecule has 0 aliphatic carbocycles. The van der Waals surface area contributed by atoms with E-state index < -0.39 is 85.6 Å². The van der Waals surface area contributed by atoms with Crippen LogP contribution in [0.3, 0.4) is 0 Å². The number of nitrogens with zero attached hydrogens (tertiary/aromatic N) is 7. The van der Waals surface area contributed by atoms with Crippen LogP contribution in [0.4, 0.5) is 21.0 Å². The first kappa shape index (κ1) is 74.3. The van der Waals surface area contributed by atoms with Gasteiger partial charge in [0.05, 0.1) is 36.9 Å². The van der Waals surface area contributed by atoms with Gasteiger partial charge in [-0.15, -0.1) is 0 Å². The Bertz CT molecular complexity index is 3920. The molecule has 2 saturated heterocycles. The number of unbranched alkanes of at least 4 members (excludes halogenated alkanes) is 14. The molecule has 0 spiro atoms. The summed E-state index contributed by atoms with van der Waals surface area (Å²) >= 11 is 12.7. The molecule has 0 saturated carbocycles. The van der Waals surface area contributed by atoms with Crippen LogP contribution in [0.2, 0.25) is 10.0 Å². The topological polar surface area (TPSA) is 308 Å². The third kappa shape index (κ3) is 20.0. The highest BCUT2D eigenvalue weighted by atomic mass is 35.5. The standard InChI is InChI=1S/C36H47ClN6O6S.C31H36ClN5O7S/c1-4-5-6-7-8-9-10-11-12-16-21-38-50(48,49)28-19-20-29(37)30(23-28)39-35(46)33(34(45)31-22-26(2)41(3)40-31)43-32(44)25-42(36(43)47)24-27-17-14-13-15-18-27;1-4-5-6-7-8-12-17-33-45(42,43)22-15-16-24(23(32)18-22)34-29(39)27(37-30(40)20(2)44-31(37)41)28(38)25-19-26(36(3)35-25)21-13-10-9-11-14-21/h13-15,17-20,22-23,33,38H,4-12,16,21,24-25H2,1-3H3,(H,39,46);9-11,13-16,18-20,27,33H,4-8,12,17H2,1-3H3,(H,34,39). The van der Waals surface area contributed by atoms with Crippen LogP contribution in [0.25, 0.3) is 11.3 Å². The number of hydrogen-bond donors (Lipinski definition) is 4. The smallest absolute Gasteiger partial charge is 0.418 e. The number of nitrogens with one attached hydrogen (secondary N) is 4. The van der Waals surface area contributed by atoms with Gasteiger partial charge in [-0.3, -0.25) is 38.1 Å². The molecule has 6 aromatic rings. The number of benzene rings is 4. The summed E-state index contributed by atoms with van der Waals surface area (Å²) < 4.78 is 64.9. The Balaban J connectivity index is 0.000000270. The van der Waals surface area contributed by atoms with Gasteiger partial charge in [-0.1, -0.05) is 188 Å². The molecule has 0 bridgehead atoms. The van der Waals surface area contributed by atoms with E-state index >= 15 is 0 Å². The van der Waals surface area contributed by atoms with Crippen LogP contribution in [-0.2, 0) is 64.6 Å². The summed E-state index contributed by atoms with van der Waals surface area (Å²) in [7, 11) is -4.61. The number of urea groups is 1. The summed E-state index contributed by atoms with van der Waals surface area (Å²) in [5, 5.41) is 13.2. The number of hydrogen-bond acceptors (Lipinski definition) is 15. The van der Waals surface area contributed by atoms with Crippen LogP contribution < -0.4 is 20.1 Å². The number of imide groups is 2. The number of halogens is 2. The summed E-state index contributed by atoms with van der Waals surface area (Å²) in [6, 6.07) is 23.8. The maximum Gasteiger partial charge on any atom is 0.418 e. The third-order valence-corrected chi connectivity index (χ3v) is 19.6. The molecule has 3 unspecified atom stereocenters. The quantitative estimate of drug-likeness (QED) is 0.0124. The summed E-state index contributed by atoms with van der Waals surface area (Å²) in [4.78, 5) is 110. The first-order valence-corrected chi connectivity index (χ1v) is 35.7. The molecule has 8 rings (SSSR count). The largest absolute Gasteiger partial charge is 0.436 e. The maximum absolute atomic E-state index is 13.9. The molecule has 4 aromatic carbocycles. The average molecular weight is 1390 g/mol. The van der Waals surface area contributed by atoms with Gasteiger partial charge in [-0.2, -0.15) is 10.2 Å². The number of anilines is 2. The molecule has 4 heterocycles. The molecule has 95 heavy (non-hydrogen) atoms. The molecule has 4 N–H and O–H groups in total. The van der Waals surface area contributed by atoms with E-state index in [1.54, 1.807) is 45.3 Å². The van der Waals surface area contributed by atoms with Crippen molar-refractivity contribution in [2.24, 2.45) is 14.1 Å². The molecule has 3 atom stereocenters.